The second-order valence-corrected chi connectivity index (χ2v) is 6.75. The fraction of sp³-hybridized carbons (Fsp3) is 0.889. The van der Waals surface area contributed by atoms with Crippen molar-refractivity contribution in [2.24, 2.45) is 11.3 Å². The zero-order valence-electron chi connectivity index (χ0n) is 13.9. The Balaban J connectivity index is 3.64. The first-order valence-electron chi connectivity index (χ1n) is 8.38. The predicted molar refractivity (Wildman–Crippen MR) is 88.6 cm³/mol. The topological polar surface area (TPSA) is 12.0 Å². The van der Waals surface area contributed by atoms with Crippen LogP contribution in [0.4, 0.5) is 0 Å². The first-order chi connectivity index (χ1) is 9.04. The maximum Gasteiger partial charge on any atom is 0.00399 e. The Kier molecular flexibility index (Phi) is 11.3. The molecule has 0 aliphatic rings. The molecule has 1 atom stereocenters. The van der Waals surface area contributed by atoms with Crippen LogP contribution in [0.5, 0.6) is 0 Å². The van der Waals surface area contributed by atoms with E-state index in [0.29, 0.717) is 0 Å². The molecular formula is C18H37N. The molecule has 0 aromatic carbocycles. The first-order valence-corrected chi connectivity index (χ1v) is 8.38. The van der Waals surface area contributed by atoms with Crippen molar-refractivity contribution in [3.8, 4) is 0 Å². The van der Waals surface area contributed by atoms with Crippen LogP contribution in [0.15, 0.2) is 12.7 Å². The fourth-order valence-electron chi connectivity index (χ4n) is 2.39. The smallest absolute Gasteiger partial charge is 0.00399 e. The molecule has 0 spiro atoms. The van der Waals surface area contributed by atoms with Crippen LogP contribution in [0.25, 0.3) is 0 Å². The normalized spacial score (nSPS) is 14.6. The lowest BCUT2D eigenvalue weighted by atomic mass is 9.84. The molecule has 0 fully saturated rings. The summed E-state index contributed by atoms with van der Waals surface area (Å²) in [4.78, 5) is 0. The van der Waals surface area contributed by atoms with Gasteiger partial charge in [-0.2, -0.15) is 0 Å². The van der Waals surface area contributed by atoms with Crippen molar-refractivity contribution in [2.45, 2.75) is 79.1 Å². The maximum atomic E-state index is 4.03. The highest BCUT2D eigenvalue weighted by atomic mass is 14.9. The van der Waals surface area contributed by atoms with Gasteiger partial charge in [-0.15, -0.1) is 6.58 Å². The van der Waals surface area contributed by atoms with E-state index in [4.69, 9.17) is 0 Å². The van der Waals surface area contributed by atoms with Crippen LogP contribution in [0, 0.1) is 11.3 Å². The molecule has 114 valence electrons. The molecule has 19 heavy (non-hydrogen) atoms. The average molecular weight is 268 g/mol. The summed E-state index contributed by atoms with van der Waals surface area (Å²) in [5, 5.41) is 3.57. The SMILES string of the molecule is C=CC(C)(CCCCCCCCC)CNCC(C)C. The van der Waals surface area contributed by atoms with Crippen molar-refractivity contribution < 1.29 is 0 Å². The second-order valence-electron chi connectivity index (χ2n) is 6.75. The Morgan fingerprint density at radius 3 is 2.16 bits per heavy atom. The summed E-state index contributed by atoms with van der Waals surface area (Å²) in [6.45, 7) is 15.3. The van der Waals surface area contributed by atoms with Crippen molar-refractivity contribution in [3.05, 3.63) is 12.7 Å². The fourth-order valence-corrected chi connectivity index (χ4v) is 2.39. The molecule has 1 heteroatoms. The number of hydrogen-bond donors (Lipinski definition) is 1. The Labute approximate surface area is 122 Å². The molecule has 0 bridgehead atoms. The zero-order valence-corrected chi connectivity index (χ0v) is 13.9. The van der Waals surface area contributed by atoms with Gasteiger partial charge in [0, 0.05) is 6.54 Å². The van der Waals surface area contributed by atoms with Crippen LogP contribution in [0.3, 0.4) is 0 Å². The van der Waals surface area contributed by atoms with Gasteiger partial charge in [0.2, 0.25) is 0 Å². The van der Waals surface area contributed by atoms with E-state index >= 15 is 0 Å². The molecule has 0 heterocycles. The summed E-state index contributed by atoms with van der Waals surface area (Å²) in [5.41, 5.74) is 0.276. The largest absolute Gasteiger partial charge is 0.316 e. The Bertz CT molecular complexity index is 210. The lowest BCUT2D eigenvalue weighted by molar-refractivity contribution is 0.339. The van der Waals surface area contributed by atoms with Gasteiger partial charge in [0.05, 0.1) is 0 Å². The van der Waals surface area contributed by atoms with E-state index in [2.05, 4.69) is 45.7 Å². The summed E-state index contributed by atoms with van der Waals surface area (Å²) in [6, 6.07) is 0. The van der Waals surface area contributed by atoms with Gasteiger partial charge < -0.3 is 5.32 Å². The third kappa shape index (κ3) is 11.2. The van der Waals surface area contributed by atoms with Gasteiger partial charge in [0.1, 0.15) is 0 Å². The molecule has 0 radical (unpaired) electrons. The first kappa shape index (κ1) is 18.7. The highest BCUT2D eigenvalue weighted by Gasteiger charge is 2.19. The summed E-state index contributed by atoms with van der Waals surface area (Å²) in [5.74, 6) is 0.729. The average Bonchev–Trinajstić information content (AvgIpc) is 2.37. The quantitative estimate of drug-likeness (QED) is 0.340. The van der Waals surface area contributed by atoms with Crippen molar-refractivity contribution >= 4 is 0 Å². The lowest BCUT2D eigenvalue weighted by Gasteiger charge is -2.26. The summed E-state index contributed by atoms with van der Waals surface area (Å²) in [6.07, 6.45) is 13.2. The van der Waals surface area contributed by atoms with E-state index in [0.717, 1.165) is 19.0 Å². The van der Waals surface area contributed by atoms with Gasteiger partial charge in [-0.05, 0) is 24.3 Å². The minimum atomic E-state index is 0.276. The molecule has 0 aliphatic carbocycles. The maximum absolute atomic E-state index is 4.03. The zero-order chi connectivity index (χ0) is 14.6. The van der Waals surface area contributed by atoms with Crippen molar-refractivity contribution in [2.75, 3.05) is 13.1 Å². The summed E-state index contributed by atoms with van der Waals surface area (Å²) < 4.78 is 0. The van der Waals surface area contributed by atoms with E-state index in [1.165, 1.54) is 51.4 Å². The molecule has 0 aromatic rings. The molecule has 0 aliphatic heterocycles. The van der Waals surface area contributed by atoms with Crippen LogP contribution in [-0.2, 0) is 0 Å². The van der Waals surface area contributed by atoms with Crippen LogP contribution in [-0.4, -0.2) is 13.1 Å². The number of hydrogen-bond acceptors (Lipinski definition) is 1. The van der Waals surface area contributed by atoms with E-state index in [9.17, 15) is 0 Å². The predicted octanol–water partition coefficient (Wildman–Crippen LogP) is 5.57. The van der Waals surface area contributed by atoms with Crippen LogP contribution < -0.4 is 5.32 Å². The highest BCUT2D eigenvalue weighted by Crippen LogP contribution is 2.25. The van der Waals surface area contributed by atoms with E-state index in [-0.39, 0.29) is 5.41 Å². The van der Waals surface area contributed by atoms with E-state index in [1.807, 2.05) is 0 Å². The van der Waals surface area contributed by atoms with Gasteiger partial charge in [-0.25, -0.2) is 0 Å². The van der Waals surface area contributed by atoms with Crippen LogP contribution in [0.2, 0.25) is 0 Å². The van der Waals surface area contributed by atoms with E-state index < -0.39 is 0 Å². The number of rotatable bonds is 13. The van der Waals surface area contributed by atoms with Gasteiger partial charge in [-0.3, -0.25) is 0 Å². The van der Waals surface area contributed by atoms with Gasteiger partial charge in [0.25, 0.3) is 0 Å². The molecule has 0 rings (SSSR count). The highest BCUT2D eigenvalue weighted by molar-refractivity contribution is 4.93. The minimum absolute atomic E-state index is 0.276. The summed E-state index contributed by atoms with van der Waals surface area (Å²) >= 11 is 0. The molecule has 0 aromatic heterocycles. The molecule has 0 saturated heterocycles. The Morgan fingerprint density at radius 1 is 1.05 bits per heavy atom. The minimum Gasteiger partial charge on any atom is -0.316 e. The van der Waals surface area contributed by atoms with E-state index in [1.54, 1.807) is 0 Å². The van der Waals surface area contributed by atoms with Crippen LogP contribution in [0.1, 0.15) is 79.1 Å². The number of unbranched alkanes of at least 4 members (excludes halogenated alkanes) is 6. The standard InChI is InChI=1S/C18H37N/c1-6-8-9-10-11-12-13-14-18(5,7-2)16-19-15-17(3)4/h7,17,19H,2,6,8-16H2,1,3-5H3. The lowest BCUT2D eigenvalue weighted by Crippen LogP contribution is -2.32. The Hall–Kier alpha value is -0.300. The molecule has 1 N–H and O–H groups in total. The van der Waals surface area contributed by atoms with Crippen molar-refractivity contribution in [1.82, 2.24) is 5.32 Å². The van der Waals surface area contributed by atoms with Crippen molar-refractivity contribution in [3.63, 3.8) is 0 Å². The van der Waals surface area contributed by atoms with Gasteiger partial charge >= 0.3 is 0 Å². The second kappa shape index (κ2) is 11.5. The third-order valence-electron chi connectivity index (χ3n) is 3.93. The molecule has 1 unspecified atom stereocenters. The Morgan fingerprint density at radius 2 is 1.63 bits per heavy atom. The monoisotopic (exact) mass is 267 g/mol. The van der Waals surface area contributed by atoms with Crippen LogP contribution >= 0.6 is 0 Å². The number of nitrogens with one attached hydrogen (secondary N) is 1. The molecule has 1 nitrogen and oxygen atoms in total. The third-order valence-corrected chi connectivity index (χ3v) is 3.93. The molecular weight excluding hydrogens is 230 g/mol. The van der Waals surface area contributed by atoms with Crippen molar-refractivity contribution in [1.29, 1.82) is 0 Å². The molecule has 0 saturated carbocycles. The summed E-state index contributed by atoms with van der Waals surface area (Å²) in [7, 11) is 0. The van der Waals surface area contributed by atoms with Gasteiger partial charge in [-0.1, -0.05) is 78.7 Å². The van der Waals surface area contributed by atoms with Gasteiger partial charge in [0.15, 0.2) is 0 Å². The molecule has 0 amide bonds.